The number of likely N-dealkylation sites (N-methyl/N-ethyl adjacent to an activating group) is 1. The molecule has 7 nitrogen and oxygen atoms in total. The van der Waals surface area contributed by atoms with Gasteiger partial charge in [-0.25, -0.2) is 8.42 Å². The van der Waals surface area contributed by atoms with E-state index >= 15 is 0 Å². The number of sulfonamides is 1. The van der Waals surface area contributed by atoms with Crippen LogP contribution in [-0.4, -0.2) is 44.3 Å². The lowest BCUT2D eigenvalue weighted by Gasteiger charge is -2.34. The number of hydrogen-bond acceptors (Lipinski definition) is 4. The highest BCUT2D eigenvalue weighted by molar-refractivity contribution is 7.92. The minimum atomic E-state index is -4.91. The first kappa shape index (κ1) is 35.8. The van der Waals surface area contributed by atoms with Crippen molar-refractivity contribution < 1.29 is 31.2 Å². The van der Waals surface area contributed by atoms with Crippen molar-refractivity contribution >= 4 is 50.7 Å². The molecule has 1 N–H and O–H groups in total. The quantitative estimate of drug-likeness (QED) is 0.168. The monoisotopic (exact) mass is 705 g/mol. The number of nitrogens with one attached hydrogen (secondary N) is 1. The maximum atomic E-state index is 14.4. The molecule has 4 rings (SSSR count). The van der Waals surface area contributed by atoms with Crippen LogP contribution < -0.4 is 9.62 Å². The van der Waals surface area contributed by atoms with Crippen LogP contribution in [0.4, 0.5) is 18.9 Å². The second kappa shape index (κ2) is 15.2. The maximum Gasteiger partial charge on any atom is 0.417 e. The normalized spacial score (nSPS) is 12.3. The molecule has 0 radical (unpaired) electrons. The van der Waals surface area contributed by atoms with Gasteiger partial charge in [-0.2, -0.15) is 13.2 Å². The van der Waals surface area contributed by atoms with Gasteiger partial charge in [-0.15, -0.1) is 0 Å². The molecular weight excluding hydrogens is 674 g/mol. The Kier molecular flexibility index (Phi) is 11.6. The van der Waals surface area contributed by atoms with Crippen molar-refractivity contribution in [2.24, 2.45) is 0 Å². The van der Waals surface area contributed by atoms with Crippen molar-refractivity contribution in [1.82, 2.24) is 10.2 Å². The molecule has 0 aliphatic carbocycles. The fraction of sp³-hybridized carbons (Fsp3) is 0.235. The van der Waals surface area contributed by atoms with Crippen LogP contribution in [0.25, 0.3) is 0 Å². The number of halogens is 5. The highest BCUT2D eigenvalue weighted by Crippen LogP contribution is 2.38. The molecule has 0 saturated heterocycles. The molecule has 0 unspecified atom stereocenters. The van der Waals surface area contributed by atoms with E-state index < -0.39 is 56.9 Å². The van der Waals surface area contributed by atoms with Crippen LogP contribution in [0, 0.1) is 6.92 Å². The number of rotatable bonds is 12. The lowest BCUT2D eigenvalue weighted by atomic mass is 10.0. The molecule has 13 heteroatoms. The summed E-state index contributed by atoms with van der Waals surface area (Å²) >= 11 is 12.1. The zero-order valence-electron chi connectivity index (χ0n) is 25.5. The van der Waals surface area contributed by atoms with Gasteiger partial charge in [0, 0.05) is 24.5 Å². The van der Waals surface area contributed by atoms with Crippen molar-refractivity contribution in [3.8, 4) is 0 Å². The van der Waals surface area contributed by atoms with E-state index in [9.17, 15) is 31.2 Å². The number of nitrogens with zero attached hydrogens (tertiary/aromatic N) is 2. The van der Waals surface area contributed by atoms with Gasteiger partial charge in [0.1, 0.15) is 12.6 Å². The third-order valence-corrected chi connectivity index (χ3v) is 9.65. The molecule has 47 heavy (non-hydrogen) atoms. The summed E-state index contributed by atoms with van der Waals surface area (Å²) in [6, 6.07) is 22.7. The maximum absolute atomic E-state index is 14.4. The predicted octanol–water partition coefficient (Wildman–Crippen LogP) is 7.29. The van der Waals surface area contributed by atoms with Gasteiger partial charge in [0.15, 0.2) is 0 Å². The van der Waals surface area contributed by atoms with E-state index in [0.717, 1.165) is 23.3 Å². The number of benzene rings is 4. The lowest BCUT2D eigenvalue weighted by Crippen LogP contribution is -2.53. The highest BCUT2D eigenvalue weighted by atomic mass is 35.5. The number of carbonyl (C=O) groups is 2. The largest absolute Gasteiger partial charge is 0.417 e. The van der Waals surface area contributed by atoms with E-state index in [-0.39, 0.29) is 24.4 Å². The fourth-order valence-corrected chi connectivity index (χ4v) is 6.77. The summed E-state index contributed by atoms with van der Waals surface area (Å²) in [5.74, 6) is -1.33. The summed E-state index contributed by atoms with van der Waals surface area (Å²) in [6.45, 7) is 2.63. The minimum Gasteiger partial charge on any atom is -0.355 e. The molecule has 0 fully saturated rings. The Morgan fingerprint density at radius 1 is 0.872 bits per heavy atom. The van der Waals surface area contributed by atoms with Gasteiger partial charge in [-0.3, -0.25) is 13.9 Å². The van der Waals surface area contributed by atoms with Gasteiger partial charge in [-0.05, 0) is 67.4 Å². The summed E-state index contributed by atoms with van der Waals surface area (Å²) in [7, 11) is -4.62. The number of amides is 2. The Bertz CT molecular complexity index is 1820. The highest BCUT2D eigenvalue weighted by Gasteiger charge is 2.37. The molecule has 248 valence electrons. The Balaban J connectivity index is 1.86. The van der Waals surface area contributed by atoms with Crippen molar-refractivity contribution in [2.45, 2.75) is 43.9 Å². The first-order chi connectivity index (χ1) is 22.2. The molecule has 4 aromatic carbocycles. The summed E-state index contributed by atoms with van der Waals surface area (Å²) in [5, 5.41) is 2.48. The molecule has 0 aliphatic rings. The van der Waals surface area contributed by atoms with E-state index in [2.05, 4.69) is 5.32 Å². The summed E-state index contributed by atoms with van der Waals surface area (Å²) in [4.78, 5) is 28.9. The summed E-state index contributed by atoms with van der Waals surface area (Å²) in [6.07, 6.45) is -4.84. The van der Waals surface area contributed by atoms with Crippen LogP contribution in [-0.2, 0) is 38.8 Å². The number of carbonyl (C=O) groups excluding carboxylic acids is 2. The van der Waals surface area contributed by atoms with E-state index in [0.29, 0.717) is 21.0 Å². The Morgan fingerprint density at radius 3 is 2.15 bits per heavy atom. The van der Waals surface area contributed by atoms with Crippen LogP contribution in [0.15, 0.2) is 102 Å². The van der Waals surface area contributed by atoms with Crippen LogP contribution in [0.2, 0.25) is 10.0 Å². The summed E-state index contributed by atoms with van der Waals surface area (Å²) < 4.78 is 70.5. The van der Waals surface area contributed by atoms with Gasteiger partial charge < -0.3 is 10.2 Å². The topological polar surface area (TPSA) is 86.8 Å². The minimum absolute atomic E-state index is 0.0723. The van der Waals surface area contributed by atoms with Crippen molar-refractivity contribution in [1.29, 1.82) is 0 Å². The number of aryl methyl sites for hydroxylation is 1. The molecule has 0 saturated carbocycles. The molecule has 0 spiro atoms. The van der Waals surface area contributed by atoms with Crippen LogP contribution in [0.1, 0.15) is 29.2 Å². The van der Waals surface area contributed by atoms with Crippen molar-refractivity contribution in [3.63, 3.8) is 0 Å². The lowest BCUT2D eigenvalue weighted by molar-refractivity contribution is -0.140. The first-order valence-electron chi connectivity index (χ1n) is 14.5. The van der Waals surface area contributed by atoms with Gasteiger partial charge >= 0.3 is 6.18 Å². The van der Waals surface area contributed by atoms with Crippen molar-refractivity contribution in [2.75, 3.05) is 17.4 Å². The molecular formula is C34H32Cl2F3N3O4S. The molecule has 0 aliphatic heterocycles. The Hall–Kier alpha value is -4.06. The van der Waals surface area contributed by atoms with Gasteiger partial charge in [0.2, 0.25) is 11.8 Å². The van der Waals surface area contributed by atoms with Crippen LogP contribution in [0.5, 0.6) is 0 Å². The number of alkyl halides is 3. The van der Waals surface area contributed by atoms with E-state index in [1.54, 1.807) is 68.4 Å². The third-order valence-electron chi connectivity index (χ3n) is 7.30. The predicted molar refractivity (Wildman–Crippen MR) is 177 cm³/mol. The molecule has 0 aromatic heterocycles. The zero-order chi connectivity index (χ0) is 34.4. The standard InChI is InChI=1S/C34H32Cl2F3N3O4S/c1-3-40-33(44)31(19-24-8-5-4-6-9-24)41(21-25-10-7-11-26(35)18-25)32(43)22-42(47(45,46)28-15-12-23(2)13-16-28)27-14-17-30(36)29(20-27)34(37,38)39/h4-18,20,31H,3,19,21-22H2,1-2H3,(H,40,44)/t31-/m1/s1. The van der Waals surface area contributed by atoms with Crippen LogP contribution in [0.3, 0.4) is 0 Å². The van der Waals surface area contributed by atoms with Gasteiger partial charge in [-0.1, -0.05) is 83.4 Å². The molecule has 0 bridgehead atoms. The zero-order valence-corrected chi connectivity index (χ0v) is 27.8. The first-order valence-corrected chi connectivity index (χ1v) is 16.7. The van der Waals surface area contributed by atoms with E-state index in [1.807, 2.05) is 0 Å². The Labute approximate surface area is 282 Å². The third kappa shape index (κ3) is 9.06. The molecule has 2 amide bonds. The van der Waals surface area contributed by atoms with Crippen LogP contribution >= 0.6 is 23.2 Å². The Morgan fingerprint density at radius 2 is 1.53 bits per heavy atom. The summed E-state index contributed by atoms with van der Waals surface area (Å²) in [5.41, 5.74) is 0.316. The number of hydrogen-bond donors (Lipinski definition) is 1. The molecule has 1 atom stereocenters. The molecule has 4 aromatic rings. The number of anilines is 1. The molecule has 0 heterocycles. The van der Waals surface area contributed by atoms with Gasteiger partial charge in [0.05, 0.1) is 21.2 Å². The van der Waals surface area contributed by atoms with E-state index in [1.165, 1.54) is 29.2 Å². The average Bonchev–Trinajstić information content (AvgIpc) is 3.02. The second-order valence-electron chi connectivity index (χ2n) is 10.7. The fourth-order valence-electron chi connectivity index (χ4n) is 4.93. The van der Waals surface area contributed by atoms with Gasteiger partial charge in [0.25, 0.3) is 10.0 Å². The average molecular weight is 707 g/mol. The SMILES string of the molecule is CCNC(=O)[C@@H](Cc1ccccc1)N(Cc1cccc(Cl)c1)C(=O)CN(c1ccc(Cl)c(C(F)(F)F)c1)S(=O)(=O)c1ccc(C)cc1. The van der Waals surface area contributed by atoms with Crippen molar-refractivity contribution in [3.05, 3.63) is 129 Å². The second-order valence-corrected chi connectivity index (χ2v) is 13.4. The smallest absolute Gasteiger partial charge is 0.355 e. The van der Waals surface area contributed by atoms with E-state index in [4.69, 9.17) is 23.2 Å².